The van der Waals surface area contributed by atoms with Crippen molar-refractivity contribution in [3.8, 4) is 6.07 Å². The van der Waals surface area contributed by atoms with E-state index in [9.17, 15) is 19.6 Å². The average Bonchev–Trinajstić information content (AvgIpc) is 3.31. The molecular formula is C25H20ClN5O3S. The van der Waals surface area contributed by atoms with Gasteiger partial charge in [-0.25, -0.2) is 0 Å². The number of carbonyl (C=O) groups excluding carboxylic acids is 3. The van der Waals surface area contributed by atoms with E-state index in [0.717, 1.165) is 22.6 Å². The van der Waals surface area contributed by atoms with Gasteiger partial charge in [0.15, 0.2) is 11.3 Å². The lowest BCUT2D eigenvalue weighted by Gasteiger charge is -2.26. The number of hydrogen-bond donors (Lipinski definition) is 0. The highest BCUT2D eigenvalue weighted by Crippen LogP contribution is 2.39. The highest BCUT2D eigenvalue weighted by Gasteiger charge is 2.34. The van der Waals surface area contributed by atoms with Crippen molar-refractivity contribution in [1.29, 1.82) is 5.26 Å². The second-order valence-electron chi connectivity index (χ2n) is 7.75. The Hall–Kier alpha value is -3.87. The number of aldehydes is 1. The van der Waals surface area contributed by atoms with Gasteiger partial charge in [0, 0.05) is 25.3 Å². The van der Waals surface area contributed by atoms with Crippen LogP contribution in [0.4, 0.5) is 16.4 Å². The Kier molecular flexibility index (Phi) is 7.05. The van der Waals surface area contributed by atoms with E-state index in [1.807, 2.05) is 32.0 Å². The molecular weight excluding hydrogens is 486 g/mol. The minimum atomic E-state index is -0.267. The van der Waals surface area contributed by atoms with Crippen molar-refractivity contribution in [2.75, 3.05) is 24.5 Å². The predicted octanol–water partition coefficient (Wildman–Crippen LogP) is 5.93. The molecule has 2 aromatic carbocycles. The largest absolute Gasteiger partial charge is 0.370 e. The molecule has 0 unspecified atom stereocenters. The lowest BCUT2D eigenvalue weighted by Crippen LogP contribution is -2.38. The molecule has 8 nitrogen and oxygen atoms in total. The van der Waals surface area contributed by atoms with Crippen molar-refractivity contribution in [3.63, 3.8) is 0 Å². The monoisotopic (exact) mass is 505 g/mol. The van der Waals surface area contributed by atoms with E-state index in [4.69, 9.17) is 11.6 Å². The van der Waals surface area contributed by atoms with E-state index in [1.165, 1.54) is 4.90 Å². The molecule has 0 N–H and O–H groups in total. The Balaban J connectivity index is 1.48. The van der Waals surface area contributed by atoms with Gasteiger partial charge in [-0.05, 0) is 49.7 Å². The number of azo groups is 1. The quantitative estimate of drug-likeness (QED) is 0.214. The van der Waals surface area contributed by atoms with Gasteiger partial charge in [0.25, 0.3) is 11.8 Å². The smallest absolute Gasteiger partial charge is 0.261 e. The number of rotatable bonds is 8. The van der Waals surface area contributed by atoms with E-state index >= 15 is 0 Å². The van der Waals surface area contributed by atoms with Crippen LogP contribution in [0.2, 0.25) is 5.02 Å². The van der Waals surface area contributed by atoms with Gasteiger partial charge in [-0.1, -0.05) is 23.7 Å². The molecule has 0 fully saturated rings. The number of anilines is 1. The summed E-state index contributed by atoms with van der Waals surface area (Å²) in [4.78, 5) is 40.0. The van der Waals surface area contributed by atoms with Crippen LogP contribution < -0.4 is 4.90 Å². The second-order valence-corrected chi connectivity index (χ2v) is 9.16. The highest BCUT2D eigenvalue weighted by atomic mass is 35.5. The number of benzene rings is 2. The highest BCUT2D eigenvalue weighted by molar-refractivity contribution is 7.18. The summed E-state index contributed by atoms with van der Waals surface area (Å²) >= 11 is 7.05. The van der Waals surface area contributed by atoms with E-state index in [1.54, 1.807) is 30.3 Å². The first-order chi connectivity index (χ1) is 16.9. The minimum absolute atomic E-state index is 0.0881. The van der Waals surface area contributed by atoms with Crippen LogP contribution in [-0.4, -0.2) is 42.6 Å². The minimum Gasteiger partial charge on any atom is -0.370 e. The fraction of sp³-hybridized carbons (Fsp3) is 0.200. The number of amides is 2. The molecule has 0 spiro atoms. The van der Waals surface area contributed by atoms with Crippen LogP contribution in [0.1, 0.15) is 48.4 Å². The first-order valence-corrected chi connectivity index (χ1v) is 12.0. The Labute approximate surface area is 211 Å². The van der Waals surface area contributed by atoms with Crippen molar-refractivity contribution >= 4 is 57.4 Å². The molecule has 0 saturated carbocycles. The summed E-state index contributed by atoms with van der Waals surface area (Å²) in [5, 5.41) is 18.1. The summed E-state index contributed by atoms with van der Waals surface area (Å²) in [5.74, 6) is -0.534. The molecule has 1 aliphatic heterocycles. The number of nitriles is 1. The van der Waals surface area contributed by atoms with Crippen molar-refractivity contribution < 1.29 is 14.4 Å². The third-order valence-electron chi connectivity index (χ3n) is 5.72. The fourth-order valence-electron chi connectivity index (χ4n) is 3.84. The van der Waals surface area contributed by atoms with Crippen LogP contribution >= 0.6 is 22.9 Å². The van der Waals surface area contributed by atoms with Gasteiger partial charge in [0.2, 0.25) is 0 Å². The SMILES string of the molecule is CCN(CCN1C(=O)c2ccccc2C1=O)c1ccc(/N=N/c2sc(C=O)c(Cl)c2C#N)c(C)c1. The molecule has 3 aromatic rings. The number of likely N-dealkylation sites (N-methyl/N-ethyl adjacent to an activating group) is 1. The van der Waals surface area contributed by atoms with Crippen molar-refractivity contribution in [2.45, 2.75) is 13.8 Å². The maximum atomic E-state index is 12.6. The summed E-state index contributed by atoms with van der Waals surface area (Å²) in [6, 6.07) is 14.5. The molecule has 2 heterocycles. The van der Waals surface area contributed by atoms with E-state index in [0.29, 0.717) is 36.2 Å². The molecule has 35 heavy (non-hydrogen) atoms. The molecule has 0 bridgehead atoms. The van der Waals surface area contributed by atoms with E-state index < -0.39 is 0 Å². The maximum Gasteiger partial charge on any atom is 0.261 e. The Morgan fingerprint density at radius 1 is 1.14 bits per heavy atom. The van der Waals surface area contributed by atoms with Gasteiger partial charge in [-0.2, -0.15) is 5.26 Å². The van der Waals surface area contributed by atoms with Gasteiger partial charge in [0.1, 0.15) is 11.6 Å². The van der Waals surface area contributed by atoms with Gasteiger partial charge in [-0.3, -0.25) is 19.3 Å². The van der Waals surface area contributed by atoms with E-state index in [2.05, 4.69) is 15.1 Å². The number of carbonyl (C=O) groups is 3. The fourth-order valence-corrected chi connectivity index (χ4v) is 4.97. The molecule has 0 saturated heterocycles. The van der Waals surface area contributed by atoms with Crippen LogP contribution in [-0.2, 0) is 0 Å². The lowest BCUT2D eigenvalue weighted by molar-refractivity contribution is 0.0658. The van der Waals surface area contributed by atoms with Gasteiger partial charge >= 0.3 is 0 Å². The molecule has 1 aromatic heterocycles. The number of thiophene rings is 1. The zero-order valence-electron chi connectivity index (χ0n) is 19.0. The lowest BCUT2D eigenvalue weighted by atomic mass is 10.1. The second kappa shape index (κ2) is 10.2. The third-order valence-corrected chi connectivity index (χ3v) is 7.23. The van der Waals surface area contributed by atoms with Crippen LogP contribution in [0.15, 0.2) is 52.7 Å². The third kappa shape index (κ3) is 4.58. The average molecular weight is 506 g/mol. The molecule has 0 radical (unpaired) electrons. The maximum absolute atomic E-state index is 12.6. The molecule has 10 heteroatoms. The van der Waals surface area contributed by atoms with Crippen LogP contribution in [0.3, 0.4) is 0 Å². The zero-order chi connectivity index (χ0) is 25.1. The first kappa shape index (κ1) is 24.3. The Morgan fingerprint density at radius 2 is 1.83 bits per heavy atom. The number of hydrogen-bond acceptors (Lipinski definition) is 8. The van der Waals surface area contributed by atoms with Gasteiger partial charge < -0.3 is 4.90 Å². The van der Waals surface area contributed by atoms with Gasteiger partial charge in [0.05, 0.1) is 26.7 Å². The Morgan fingerprint density at radius 3 is 2.40 bits per heavy atom. The molecule has 4 rings (SSSR count). The number of nitrogens with zero attached hydrogens (tertiary/aromatic N) is 5. The van der Waals surface area contributed by atoms with Crippen LogP contribution in [0, 0.1) is 18.3 Å². The van der Waals surface area contributed by atoms with Crippen molar-refractivity contribution in [3.05, 3.63) is 74.6 Å². The summed E-state index contributed by atoms with van der Waals surface area (Å²) in [6.45, 7) is 5.32. The standard InChI is InChI=1S/C25H20ClN5O3S/c1-3-30(10-11-31-24(33)17-6-4-5-7-18(17)25(31)34)16-8-9-20(15(2)12-16)28-29-23-19(13-27)22(26)21(14-32)35-23/h4-9,12,14H,3,10-11H2,1-2H3/b29-28+. The normalized spacial score (nSPS) is 12.8. The summed E-state index contributed by atoms with van der Waals surface area (Å²) < 4.78 is 0. The summed E-state index contributed by atoms with van der Waals surface area (Å²) in [7, 11) is 0. The molecule has 0 aliphatic carbocycles. The molecule has 1 aliphatic rings. The molecule has 0 atom stereocenters. The van der Waals surface area contributed by atoms with Gasteiger partial charge in [-0.15, -0.1) is 21.6 Å². The topological polar surface area (TPSA) is 106 Å². The number of fused-ring (bicyclic) bond motifs is 1. The van der Waals surface area contributed by atoms with Crippen LogP contribution in [0.25, 0.3) is 0 Å². The predicted molar refractivity (Wildman–Crippen MR) is 134 cm³/mol. The molecule has 2 amide bonds. The summed E-state index contributed by atoms with van der Waals surface area (Å²) in [6.07, 6.45) is 0.591. The summed E-state index contributed by atoms with van der Waals surface area (Å²) in [5.41, 5.74) is 3.38. The number of aryl methyl sites for hydroxylation is 1. The Bertz CT molecular complexity index is 1370. The number of imide groups is 1. The first-order valence-electron chi connectivity index (χ1n) is 10.8. The van der Waals surface area contributed by atoms with Crippen molar-refractivity contribution in [1.82, 2.24) is 4.90 Å². The zero-order valence-corrected chi connectivity index (χ0v) is 20.6. The van der Waals surface area contributed by atoms with Crippen molar-refractivity contribution in [2.24, 2.45) is 10.2 Å². The van der Waals surface area contributed by atoms with E-state index in [-0.39, 0.29) is 38.8 Å². The number of halogens is 1. The molecule has 176 valence electrons. The van der Waals surface area contributed by atoms with Crippen LogP contribution in [0.5, 0.6) is 0 Å².